The topological polar surface area (TPSA) is 83.5 Å². The summed E-state index contributed by atoms with van der Waals surface area (Å²) in [5.74, 6) is -0.984. The van der Waals surface area contributed by atoms with Crippen LogP contribution in [0.15, 0.2) is 20.1 Å². The summed E-state index contributed by atoms with van der Waals surface area (Å²) in [5, 5.41) is 10.5. The summed E-state index contributed by atoms with van der Waals surface area (Å²) in [6, 6.07) is 1.66. The Morgan fingerprint density at radius 3 is 2.61 bits per heavy atom. The third-order valence-corrected chi connectivity index (χ3v) is 7.23. The van der Waals surface area contributed by atoms with Crippen molar-refractivity contribution in [3.63, 3.8) is 0 Å². The largest absolute Gasteiger partial charge is 0.481 e. The fraction of sp³-hybridized carbons (Fsp3) is 0.500. The van der Waals surface area contributed by atoms with Crippen LogP contribution in [0, 0.1) is 0 Å². The second-order valence-corrected chi connectivity index (χ2v) is 8.01. The highest BCUT2D eigenvalue weighted by Gasteiger charge is 2.43. The second-order valence-electron chi connectivity index (χ2n) is 4.37. The molecule has 2 N–H and O–H groups in total. The number of carboxylic acid groups (broad SMARTS) is 1. The molecule has 8 heteroatoms. The van der Waals surface area contributed by atoms with Gasteiger partial charge in [0.05, 0.1) is 6.42 Å². The Kier molecular flexibility index (Phi) is 3.82. The Hall–Kier alpha value is -0.440. The van der Waals surface area contributed by atoms with E-state index in [0.29, 0.717) is 17.3 Å². The van der Waals surface area contributed by atoms with Crippen LogP contribution in [0.3, 0.4) is 0 Å². The molecule has 1 aromatic heterocycles. The zero-order valence-corrected chi connectivity index (χ0v) is 12.6. The monoisotopic (exact) mass is 353 g/mol. The molecule has 0 unspecified atom stereocenters. The molecule has 0 aromatic carbocycles. The van der Waals surface area contributed by atoms with Gasteiger partial charge in [-0.05, 0) is 46.6 Å². The predicted octanol–water partition coefficient (Wildman–Crippen LogP) is 2.19. The Balaban J connectivity index is 2.22. The molecule has 1 aromatic rings. The lowest BCUT2D eigenvalue weighted by Gasteiger charge is -2.40. The Morgan fingerprint density at radius 1 is 1.56 bits per heavy atom. The highest BCUT2D eigenvalue weighted by Crippen LogP contribution is 2.38. The molecule has 1 aliphatic rings. The summed E-state index contributed by atoms with van der Waals surface area (Å²) in [4.78, 5) is 10.8. The van der Waals surface area contributed by atoms with Crippen molar-refractivity contribution in [1.82, 2.24) is 4.72 Å². The van der Waals surface area contributed by atoms with Gasteiger partial charge in [-0.15, -0.1) is 11.3 Å². The summed E-state index contributed by atoms with van der Waals surface area (Å²) >= 11 is 4.28. The van der Waals surface area contributed by atoms with Crippen LogP contribution < -0.4 is 4.72 Å². The van der Waals surface area contributed by atoms with Gasteiger partial charge in [0.15, 0.2) is 0 Å². The average Bonchev–Trinajstić information content (AvgIpc) is 2.60. The molecule has 5 nitrogen and oxygen atoms in total. The van der Waals surface area contributed by atoms with Gasteiger partial charge < -0.3 is 5.11 Å². The van der Waals surface area contributed by atoms with Gasteiger partial charge in [0.2, 0.25) is 0 Å². The zero-order chi connectivity index (χ0) is 13.4. The molecule has 18 heavy (non-hydrogen) atoms. The molecule has 2 rings (SSSR count). The highest BCUT2D eigenvalue weighted by molar-refractivity contribution is 9.10. The number of aliphatic carboxylic acids is 1. The Labute approximate surface area is 117 Å². The first-order valence-corrected chi connectivity index (χ1v) is 8.49. The fourth-order valence-electron chi connectivity index (χ4n) is 2.01. The molecule has 0 saturated heterocycles. The van der Waals surface area contributed by atoms with E-state index in [2.05, 4.69) is 20.7 Å². The second kappa shape index (κ2) is 4.92. The van der Waals surface area contributed by atoms with Crippen molar-refractivity contribution >= 4 is 43.3 Å². The van der Waals surface area contributed by atoms with Crippen LogP contribution in [0.4, 0.5) is 0 Å². The smallest absolute Gasteiger partial charge is 0.305 e. The minimum Gasteiger partial charge on any atom is -0.481 e. The number of carbonyl (C=O) groups is 1. The summed E-state index contributed by atoms with van der Waals surface area (Å²) in [6.45, 7) is 0. The molecular formula is C10H12BrNO4S2. The number of hydrogen-bond acceptors (Lipinski definition) is 4. The van der Waals surface area contributed by atoms with Crippen molar-refractivity contribution in [2.45, 2.75) is 35.4 Å². The lowest BCUT2D eigenvalue weighted by Crippen LogP contribution is -2.54. The molecule has 0 bridgehead atoms. The van der Waals surface area contributed by atoms with Crippen LogP contribution in [0.5, 0.6) is 0 Å². The van der Waals surface area contributed by atoms with Crippen LogP contribution in [-0.2, 0) is 14.8 Å². The number of rotatable bonds is 5. The average molecular weight is 354 g/mol. The number of nitrogens with one attached hydrogen (secondary N) is 1. The third kappa shape index (κ3) is 2.76. The predicted molar refractivity (Wildman–Crippen MR) is 71.2 cm³/mol. The molecule has 0 spiro atoms. The summed E-state index contributed by atoms with van der Waals surface area (Å²) in [5.41, 5.74) is -0.811. The number of hydrogen-bond donors (Lipinski definition) is 2. The van der Waals surface area contributed by atoms with Gasteiger partial charge in [0.1, 0.15) is 4.21 Å². The minimum atomic E-state index is -3.65. The highest BCUT2D eigenvalue weighted by atomic mass is 79.9. The molecule has 0 aliphatic heterocycles. The van der Waals surface area contributed by atoms with E-state index in [1.165, 1.54) is 0 Å². The van der Waals surface area contributed by atoms with Crippen LogP contribution in [0.1, 0.15) is 25.7 Å². The van der Waals surface area contributed by atoms with Gasteiger partial charge in [-0.3, -0.25) is 4.79 Å². The van der Waals surface area contributed by atoms with E-state index in [4.69, 9.17) is 5.11 Å². The standard InChI is InChI=1S/C10H12BrNO4S2/c11-7-2-5-17-9(7)18(15,16)12-10(3-1-4-10)6-8(13)14/h2,5,12H,1,3-4,6H2,(H,13,14). The zero-order valence-electron chi connectivity index (χ0n) is 9.35. The molecule has 1 saturated carbocycles. The first-order chi connectivity index (χ1) is 8.35. The van der Waals surface area contributed by atoms with Crippen LogP contribution in [0.2, 0.25) is 0 Å². The molecule has 0 radical (unpaired) electrons. The SMILES string of the molecule is O=C(O)CC1(NS(=O)(=O)c2sccc2Br)CCC1. The van der Waals surface area contributed by atoms with Crippen LogP contribution in [0.25, 0.3) is 0 Å². The number of thiophene rings is 1. The number of halogens is 1. The van der Waals surface area contributed by atoms with Gasteiger partial charge in [-0.25, -0.2) is 13.1 Å². The summed E-state index contributed by atoms with van der Waals surface area (Å²) < 4.78 is 27.6. The van der Waals surface area contributed by atoms with Crippen molar-refractivity contribution in [2.75, 3.05) is 0 Å². The van der Waals surface area contributed by atoms with E-state index in [0.717, 1.165) is 17.8 Å². The van der Waals surface area contributed by atoms with Crippen molar-refractivity contribution in [3.8, 4) is 0 Å². The lowest BCUT2D eigenvalue weighted by molar-refractivity contribution is -0.139. The van der Waals surface area contributed by atoms with E-state index in [-0.39, 0.29) is 10.6 Å². The van der Waals surface area contributed by atoms with E-state index in [1.807, 2.05) is 0 Å². The van der Waals surface area contributed by atoms with E-state index in [1.54, 1.807) is 11.4 Å². The maximum atomic E-state index is 12.2. The van der Waals surface area contributed by atoms with Gasteiger partial charge in [-0.2, -0.15) is 0 Å². The van der Waals surface area contributed by atoms with E-state index in [9.17, 15) is 13.2 Å². The van der Waals surface area contributed by atoms with Crippen LogP contribution in [-0.4, -0.2) is 25.0 Å². The van der Waals surface area contributed by atoms with Crippen molar-refractivity contribution < 1.29 is 18.3 Å². The molecule has 1 heterocycles. The quantitative estimate of drug-likeness (QED) is 0.849. The normalized spacial score (nSPS) is 18.3. The maximum Gasteiger partial charge on any atom is 0.305 e. The minimum absolute atomic E-state index is 0.171. The van der Waals surface area contributed by atoms with Crippen molar-refractivity contribution in [3.05, 3.63) is 15.9 Å². The van der Waals surface area contributed by atoms with E-state index < -0.39 is 21.5 Å². The molecular weight excluding hydrogens is 342 g/mol. The summed E-state index contributed by atoms with van der Waals surface area (Å²) in [7, 11) is -3.65. The molecule has 1 fully saturated rings. The fourth-order valence-corrected chi connectivity index (χ4v) is 5.81. The van der Waals surface area contributed by atoms with Gasteiger partial charge in [0, 0.05) is 10.0 Å². The summed E-state index contributed by atoms with van der Waals surface area (Å²) in [6.07, 6.45) is 1.82. The van der Waals surface area contributed by atoms with Crippen molar-refractivity contribution in [1.29, 1.82) is 0 Å². The van der Waals surface area contributed by atoms with Gasteiger partial charge >= 0.3 is 5.97 Å². The maximum absolute atomic E-state index is 12.2. The first-order valence-electron chi connectivity index (χ1n) is 5.33. The Morgan fingerprint density at radius 2 is 2.22 bits per heavy atom. The molecule has 100 valence electrons. The third-order valence-electron chi connectivity index (χ3n) is 2.98. The molecule has 1 aliphatic carbocycles. The first kappa shape index (κ1) is 14.0. The van der Waals surface area contributed by atoms with E-state index >= 15 is 0 Å². The number of carboxylic acids is 1. The van der Waals surface area contributed by atoms with Crippen LogP contribution >= 0.6 is 27.3 Å². The number of sulfonamides is 1. The molecule has 0 amide bonds. The van der Waals surface area contributed by atoms with Gasteiger partial charge in [-0.1, -0.05) is 0 Å². The molecule has 0 atom stereocenters. The Bertz CT molecular complexity index is 562. The van der Waals surface area contributed by atoms with Crippen molar-refractivity contribution in [2.24, 2.45) is 0 Å². The lowest BCUT2D eigenvalue weighted by atomic mass is 9.75. The van der Waals surface area contributed by atoms with Gasteiger partial charge in [0.25, 0.3) is 10.0 Å².